The molecule has 8 atom stereocenters. The smallest absolute Gasteiger partial charge is 0.390 e. The molecular formula is C11H21BO11P2. The van der Waals surface area contributed by atoms with Crippen molar-refractivity contribution in [3.8, 4) is 0 Å². The summed E-state index contributed by atoms with van der Waals surface area (Å²) in [5.41, 5.74) is 0. The van der Waals surface area contributed by atoms with E-state index in [9.17, 15) is 24.0 Å². The standard InChI is InChI=1S/C11H21BO11P2/c1-18-24(14,15)20-6-10-8(2-3-19-10)23-25(16,17)21-5-9-7(13)4-11(12)22-9/h7-11,13H,2-6H2,1H3,(H,14,15)(H,16,17)/i3D. The number of phosphoric acid groups is 2. The highest BCUT2D eigenvalue weighted by Crippen LogP contribution is 2.48. The highest BCUT2D eigenvalue weighted by atomic mass is 31.2. The van der Waals surface area contributed by atoms with Gasteiger partial charge in [-0.2, -0.15) is 0 Å². The second-order valence-electron chi connectivity index (χ2n) is 5.45. The third-order valence-corrected chi connectivity index (χ3v) is 5.52. The monoisotopic (exact) mass is 403 g/mol. The number of hydrogen-bond donors (Lipinski definition) is 3. The molecule has 2 heterocycles. The van der Waals surface area contributed by atoms with Gasteiger partial charge in [0, 0.05) is 26.1 Å². The number of aliphatic hydroxyl groups is 1. The van der Waals surface area contributed by atoms with Crippen molar-refractivity contribution in [2.75, 3.05) is 26.9 Å². The van der Waals surface area contributed by atoms with Crippen LogP contribution < -0.4 is 0 Å². The van der Waals surface area contributed by atoms with E-state index in [-0.39, 0.29) is 12.8 Å². The maximum absolute atomic E-state index is 12.1. The molecule has 25 heavy (non-hydrogen) atoms. The molecule has 2 aliphatic heterocycles. The van der Waals surface area contributed by atoms with Gasteiger partial charge in [-0.3, -0.25) is 18.1 Å². The lowest BCUT2D eigenvalue weighted by molar-refractivity contribution is -0.0229. The second-order valence-corrected chi connectivity index (χ2v) is 8.41. The van der Waals surface area contributed by atoms with Gasteiger partial charge in [-0.25, -0.2) is 9.13 Å². The first-order valence-electron chi connectivity index (χ1n) is 7.94. The Morgan fingerprint density at radius 1 is 1.24 bits per heavy atom. The Hall–Kier alpha value is 0.165. The van der Waals surface area contributed by atoms with Gasteiger partial charge in [0.1, 0.15) is 26.2 Å². The molecule has 2 fully saturated rings. The summed E-state index contributed by atoms with van der Waals surface area (Å²) in [5, 5.41) is 9.67. The van der Waals surface area contributed by atoms with E-state index in [0.29, 0.717) is 0 Å². The third kappa shape index (κ3) is 6.68. The Morgan fingerprint density at radius 2 is 1.88 bits per heavy atom. The van der Waals surface area contributed by atoms with Gasteiger partial charge in [0.25, 0.3) is 0 Å². The van der Waals surface area contributed by atoms with Crippen LogP contribution in [0, 0.1) is 0 Å². The summed E-state index contributed by atoms with van der Waals surface area (Å²) in [6, 6.07) is -0.693. The average Bonchev–Trinajstić information content (AvgIpc) is 3.04. The van der Waals surface area contributed by atoms with Gasteiger partial charge in [-0.15, -0.1) is 0 Å². The van der Waals surface area contributed by atoms with Crippen LogP contribution in [0.25, 0.3) is 0 Å². The average molecular weight is 403 g/mol. The number of phosphoric ester groups is 2. The van der Waals surface area contributed by atoms with Crippen LogP contribution in [0.3, 0.4) is 0 Å². The van der Waals surface area contributed by atoms with Crippen molar-refractivity contribution in [1.82, 2.24) is 0 Å². The lowest BCUT2D eigenvalue weighted by Crippen LogP contribution is -2.30. The van der Waals surface area contributed by atoms with Gasteiger partial charge in [-0.1, -0.05) is 0 Å². The number of ether oxygens (including phenoxy) is 2. The number of rotatable bonds is 9. The molecule has 3 N–H and O–H groups in total. The molecule has 0 aliphatic carbocycles. The summed E-state index contributed by atoms with van der Waals surface area (Å²) < 4.78 is 59.9. The molecule has 0 amide bonds. The topological polar surface area (TPSA) is 150 Å². The van der Waals surface area contributed by atoms with Crippen LogP contribution in [0.1, 0.15) is 14.2 Å². The molecule has 0 spiro atoms. The SMILES string of the molecule is [2H]C1CC(OP(=O)(O)OCC2OC([B])CC2O)C(COP(=O)(O)OC)O1. The van der Waals surface area contributed by atoms with Crippen LogP contribution in [-0.4, -0.2) is 80.1 Å². The van der Waals surface area contributed by atoms with Gasteiger partial charge in [0.05, 0.1) is 20.7 Å². The van der Waals surface area contributed by atoms with E-state index in [1.807, 2.05) is 0 Å². The third-order valence-electron chi connectivity index (χ3n) is 3.57. The van der Waals surface area contributed by atoms with Crippen LogP contribution in [0.2, 0.25) is 0 Å². The van der Waals surface area contributed by atoms with Gasteiger partial charge in [0.2, 0.25) is 0 Å². The fraction of sp³-hybridized carbons (Fsp3) is 1.00. The van der Waals surface area contributed by atoms with Crippen LogP contribution in [-0.2, 0) is 36.7 Å². The van der Waals surface area contributed by atoms with Crippen molar-refractivity contribution >= 4 is 23.5 Å². The fourth-order valence-corrected chi connectivity index (χ4v) is 3.67. The molecule has 11 nitrogen and oxygen atoms in total. The van der Waals surface area contributed by atoms with Crippen LogP contribution >= 0.6 is 15.6 Å². The van der Waals surface area contributed by atoms with E-state index in [1.54, 1.807) is 0 Å². The molecule has 2 aliphatic rings. The molecule has 0 bridgehead atoms. The van der Waals surface area contributed by atoms with E-state index in [1.165, 1.54) is 0 Å². The second kappa shape index (κ2) is 8.90. The molecule has 0 saturated carbocycles. The van der Waals surface area contributed by atoms with E-state index in [2.05, 4.69) is 9.05 Å². The van der Waals surface area contributed by atoms with Crippen LogP contribution in [0.4, 0.5) is 0 Å². The fourth-order valence-electron chi connectivity index (χ4n) is 2.27. The predicted octanol–water partition coefficient (Wildman–Crippen LogP) is -0.315. The molecule has 8 unspecified atom stereocenters. The normalized spacial score (nSPS) is 41.2. The Bertz CT molecular complexity index is 568. The molecule has 2 radical (unpaired) electrons. The molecular weight excluding hydrogens is 381 g/mol. The van der Waals surface area contributed by atoms with Gasteiger partial charge < -0.3 is 24.4 Å². The van der Waals surface area contributed by atoms with Crippen molar-refractivity contribution in [3.05, 3.63) is 0 Å². The minimum atomic E-state index is -4.59. The summed E-state index contributed by atoms with van der Waals surface area (Å²) in [5.74, 6) is 0. The summed E-state index contributed by atoms with van der Waals surface area (Å²) in [4.78, 5) is 19.0. The largest absolute Gasteiger partial charge is 0.472 e. The molecule has 144 valence electrons. The Labute approximate surface area is 147 Å². The van der Waals surface area contributed by atoms with Crippen LogP contribution in [0.15, 0.2) is 0 Å². The Morgan fingerprint density at radius 3 is 2.48 bits per heavy atom. The minimum Gasteiger partial charge on any atom is -0.390 e. The highest BCUT2D eigenvalue weighted by molar-refractivity contribution is 7.47. The summed E-state index contributed by atoms with van der Waals surface area (Å²) in [7, 11) is -2.40. The van der Waals surface area contributed by atoms with Gasteiger partial charge >= 0.3 is 15.6 Å². The summed E-state index contributed by atoms with van der Waals surface area (Å²) >= 11 is 0. The zero-order valence-corrected chi connectivity index (χ0v) is 15.2. The minimum absolute atomic E-state index is 0.0852. The maximum atomic E-state index is 12.1. The summed E-state index contributed by atoms with van der Waals surface area (Å²) in [6.45, 7) is -2.01. The lowest BCUT2D eigenvalue weighted by atomic mass is 9.96. The molecule has 2 saturated heterocycles. The maximum Gasteiger partial charge on any atom is 0.472 e. The van der Waals surface area contributed by atoms with Gasteiger partial charge in [0.15, 0.2) is 0 Å². The first-order chi connectivity index (χ1) is 12.0. The quantitative estimate of drug-likeness (QED) is 0.344. The molecule has 2 rings (SSSR count). The van der Waals surface area contributed by atoms with Gasteiger partial charge in [-0.05, 0) is 6.42 Å². The highest BCUT2D eigenvalue weighted by Gasteiger charge is 2.39. The zero-order chi connectivity index (χ0) is 19.5. The Kier molecular flexibility index (Phi) is 7.09. The van der Waals surface area contributed by atoms with Crippen molar-refractivity contribution in [1.29, 1.82) is 0 Å². The van der Waals surface area contributed by atoms with Crippen molar-refractivity contribution in [2.24, 2.45) is 0 Å². The first-order valence-corrected chi connectivity index (χ1v) is 10.4. The van der Waals surface area contributed by atoms with Crippen molar-refractivity contribution in [3.63, 3.8) is 0 Å². The molecule has 0 aromatic rings. The van der Waals surface area contributed by atoms with Crippen LogP contribution in [0.5, 0.6) is 0 Å². The number of hydrogen-bond acceptors (Lipinski definition) is 9. The Balaban J connectivity index is 1.87. The molecule has 0 aromatic heterocycles. The molecule has 0 aromatic carbocycles. The van der Waals surface area contributed by atoms with E-state index >= 15 is 0 Å². The first kappa shape index (κ1) is 19.9. The number of aliphatic hydroxyl groups excluding tert-OH is 1. The predicted molar refractivity (Wildman–Crippen MR) is 82.8 cm³/mol. The zero-order valence-electron chi connectivity index (χ0n) is 14.4. The molecule has 14 heteroatoms. The van der Waals surface area contributed by atoms with Crippen molar-refractivity contribution in [2.45, 2.75) is 43.3 Å². The summed E-state index contributed by atoms with van der Waals surface area (Å²) in [6.07, 6.45) is -3.88. The van der Waals surface area contributed by atoms with E-state index in [0.717, 1.165) is 7.11 Å². The van der Waals surface area contributed by atoms with Crippen molar-refractivity contribution < 1.29 is 53.0 Å². The lowest BCUT2D eigenvalue weighted by Gasteiger charge is -2.23. The van der Waals surface area contributed by atoms with E-state index < -0.39 is 65.9 Å². The van der Waals surface area contributed by atoms with E-state index in [4.69, 9.17) is 27.7 Å².